The summed E-state index contributed by atoms with van der Waals surface area (Å²) in [6.07, 6.45) is 0.607. The second kappa shape index (κ2) is 4.94. The summed E-state index contributed by atoms with van der Waals surface area (Å²) >= 11 is 0. The maximum Gasteiger partial charge on any atom is 0.204 e. The van der Waals surface area contributed by atoms with Crippen molar-refractivity contribution in [1.82, 2.24) is 0 Å². The molecule has 0 N–H and O–H groups in total. The van der Waals surface area contributed by atoms with E-state index in [-0.39, 0.29) is 22.0 Å². The van der Waals surface area contributed by atoms with Crippen molar-refractivity contribution in [3.05, 3.63) is 46.1 Å². The Morgan fingerprint density at radius 2 is 1.90 bits per heavy atom. The van der Waals surface area contributed by atoms with Gasteiger partial charge < -0.3 is 13.9 Å². The number of fused-ring (bicyclic) bond motifs is 2. The molecule has 0 aliphatic heterocycles. The number of benzene rings is 2. The Bertz CT molecular complexity index is 908. The van der Waals surface area contributed by atoms with Gasteiger partial charge in [-0.3, -0.25) is 9.59 Å². The Morgan fingerprint density at radius 3 is 2.57 bits per heavy atom. The summed E-state index contributed by atoms with van der Waals surface area (Å²) < 4.78 is 16.2. The molecule has 0 aliphatic carbocycles. The molecule has 0 unspecified atom stereocenters. The van der Waals surface area contributed by atoms with Gasteiger partial charge in [-0.2, -0.15) is 0 Å². The summed E-state index contributed by atoms with van der Waals surface area (Å²) in [5.41, 5.74) is 0.582. The quantitative estimate of drug-likeness (QED) is 0.546. The first-order valence-corrected chi connectivity index (χ1v) is 6.27. The van der Waals surface area contributed by atoms with Gasteiger partial charge in [0.25, 0.3) is 0 Å². The Kier molecular flexibility index (Phi) is 3.10. The van der Waals surface area contributed by atoms with Crippen molar-refractivity contribution in [2.24, 2.45) is 0 Å². The molecule has 3 aromatic rings. The second-order valence-electron chi connectivity index (χ2n) is 4.45. The molecule has 0 spiro atoms. The van der Waals surface area contributed by atoms with E-state index in [2.05, 4.69) is 0 Å². The Hall–Kier alpha value is -2.82. The lowest BCUT2D eigenvalue weighted by molar-refractivity contribution is 0.112. The topological polar surface area (TPSA) is 65.7 Å². The van der Waals surface area contributed by atoms with Crippen LogP contribution in [0.4, 0.5) is 0 Å². The van der Waals surface area contributed by atoms with E-state index >= 15 is 0 Å². The van der Waals surface area contributed by atoms with E-state index in [1.807, 2.05) is 0 Å². The summed E-state index contributed by atoms with van der Waals surface area (Å²) in [6, 6.07) is 8.33. The van der Waals surface area contributed by atoms with Gasteiger partial charge in [0.15, 0.2) is 17.6 Å². The highest BCUT2D eigenvalue weighted by atomic mass is 16.5. The normalized spacial score (nSPS) is 10.8. The fraction of sp³-hybridized carbons (Fsp3) is 0.125. The zero-order chi connectivity index (χ0) is 15.0. The molecule has 0 atom stereocenters. The predicted molar refractivity (Wildman–Crippen MR) is 78.5 cm³/mol. The van der Waals surface area contributed by atoms with Crippen LogP contribution < -0.4 is 14.9 Å². The van der Waals surface area contributed by atoms with Crippen molar-refractivity contribution in [1.29, 1.82) is 0 Å². The lowest BCUT2D eigenvalue weighted by Gasteiger charge is -2.11. The Labute approximate surface area is 119 Å². The van der Waals surface area contributed by atoms with Crippen LogP contribution in [-0.2, 0) is 0 Å². The third-order valence-electron chi connectivity index (χ3n) is 3.35. The summed E-state index contributed by atoms with van der Waals surface area (Å²) in [7, 11) is 2.91. The largest absolute Gasteiger partial charge is 0.493 e. The highest BCUT2D eigenvalue weighted by Gasteiger charge is 2.19. The number of carbonyl (C=O) groups excluding carboxylic acids is 1. The van der Waals surface area contributed by atoms with Crippen LogP contribution in [0.1, 0.15) is 10.4 Å². The van der Waals surface area contributed by atoms with Gasteiger partial charge in [-0.15, -0.1) is 0 Å². The number of carbonyl (C=O) groups is 1. The molecule has 0 aliphatic rings. The number of hydrogen-bond donors (Lipinski definition) is 0. The first-order valence-electron chi connectivity index (χ1n) is 6.27. The monoisotopic (exact) mass is 284 g/mol. The predicted octanol–water partition coefficient (Wildman–Crippen LogP) is 2.78. The summed E-state index contributed by atoms with van der Waals surface area (Å²) in [5, 5.41) is 0.613. The van der Waals surface area contributed by atoms with Crippen molar-refractivity contribution in [2.75, 3.05) is 14.2 Å². The van der Waals surface area contributed by atoms with Gasteiger partial charge in [-0.25, -0.2) is 0 Å². The van der Waals surface area contributed by atoms with Crippen LogP contribution >= 0.6 is 0 Å². The van der Waals surface area contributed by atoms with Gasteiger partial charge in [0.1, 0.15) is 5.58 Å². The van der Waals surface area contributed by atoms with E-state index < -0.39 is 0 Å². The molecule has 5 nitrogen and oxygen atoms in total. The Morgan fingerprint density at radius 1 is 1.14 bits per heavy atom. The zero-order valence-corrected chi connectivity index (χ0v) is 11.5. The van der Waals surface area contributed by atoms with Gasteiger partial charge >= 0.3 is 0 Å². The SMILES string of the molecule is COc1cc(C=O)c2c(=O)c3ccccc3oc2c1OC. The molecular formula is C16H12O5. The van der Waals surface area contributed by atoms with Crippen LogP contribution in [0.2, 0.25) is 0 Å². The summed E-state index contributed by atoms with van der Waals surface area (Å²) in [5.74, 6) is 0.631. The molecular weight excluding hydrogens is 272 g/mol. The number of ether oxygens (including phenoxy) is 2. The molecule has 106 valence electrons. The summed E-state index contributed by atoms with van der Waals surface area (Å²) in [6.45, 7) is 0. The van der Waals surface area contributed by atoms with Gasteiger partial charge in [0.05, 0.1) is 25.0 Å². The average Bonchev–Trinajstić information content (AvgIpc) is 2.53. The van der Waals surface area contributed by atoms with Crippen molar-refractivity contribution < 1.29 is 18.7 Å². The molecule has 0 radical (unpaired) electrons. The minimum atomic E-state index is -0.269. The third-order valence-corrected chi connectivity index (χ3v) is 3.35. The van der Waals surface area contributed by atoms with Gasteiger partial charge in [0, 0.05) is 5.56 Å². The maximum absolute atomic E-state index is 12.6. The van der Waals surface area contributed by atoms with Gasteiger partial charge in [0.2, 0.25) is 11.2 Å². The van der Waals surface area contributed by atoms with Crippen molar-refractivity contribution >= 4 is 28.2 Å². The van der Waals surface area contributed by atoms with Crippen LogP contribution in [0.5, 0.6) is 11.5 Å². The standard InChI is InChI=1S/C16H12O5/c1-19-12-7-9(8-17)13-14(18)10-5-3-4-6-11(10)21-16(13)15(12)20-2/h3-8H,1-2H3. The molecule has 2 aromatic carbocycles. The van der Waals surface area contributed by atoms with Crippen LogP contribution in [0.3, 0.4) is 0 Å². The molecule has 1 heterocycles. The minimum absolute atomic E-state index is 0.196. The van der Waals surface area contributed by atoms with Crippen LogP contribution in [0.15, 0.2) is 39.5 Å². The van der Waals surface area contributed by atoms with E-state index in [9.17, 15) is 9.59 Å². The van der Waals surface area contributed by atoms with E-state index in [0.29, 0.717) is 28.8 Å². The number of para-hydroxylation sites is 1. The van der Waals surface area contributed by atoms with Crippen molar-refractivity contribution in [3.8, 4) is 11.5 Å². The molecule has 0 bridgehead atoms. The third kappa shape index (κ3) is 1.86. The molecule has 0 saturated carbocycles. The smallest absolute Gasteiger partial charge is 0.204 e. The fourth-order valence-electron chi connectivity index (χ4n) is 2.39. The molecule has 1 aromatic heterocycles. The molecule has 0 fully saturated rings. The lowest BCUT2D eigenvalue weighted by Crippen LogP contribution is -2.07. The second-order valence-corrected chi connectivity index (χ2v) is 4.45. The van der Waals surface area contributed by atoms with Gasteiger partial charge in [-0.1, -0.05) is 12.1 Å². The van der Waals surface area contributed by atoms with Crippen molar-refractivity contribution in [3.63, 3.8) is 0 Å². The van der Waals surface area contributed by atoms with Crippen LogP contribution in [0.25, 0.3) is 21.9 Å². The Balaban J connectivity index is 2.63. The van der Waals surface area contributed by atoms with E-state index in [0.717, 1.165) is 0 Å². The number of aldehydes is 1. The first kappa shape index (κ1) is 13.2. The minimum Gasteiger partial charge on any atom is -0.493 e. The first-order chi connectivity index (χ1) is 10.2. The molecule has 21 heavy (non-hydrogen) atoms. The maximum atomic E-state index is 12.6. The van der Waals surface area contributed by atoms with Gasteiger partial charge in [-0.05, 0) is 18.2 Å². The molecule has 5 heteroatoms. The van der Waals surface area contributed by atoms with E-state index in [1.165, 1.54) is 20.3 Å². The highest BCUT2D eigenvalue weighted by molar-refractivity contribution is 6.03. The number of rotatable bonds is 3. The average molecular weight is 284 g/mol. The zero-order valence-electron chi connectivity index (χ0n) is 11.5. The molecule has 0 amide bonds. The fourth-order valence-corrected chi connectivity index (χ4v) is 2.39. The highest BCUT2D eigenvalue weighted by Crippen LogP contribution is 2.37. The van der Waals surface area contributed by atoms with Crippen LogP contribution in [0, 0.1) is 0 Å². The molecule has 0 saturated heterocycles. The molecule has 3 rings (SSSR count). The van der Waals surface area contributed by atoms with Crippen LogP contribution in [-0.4, -0.2) is 20.5 Å². The van der Waals surface area contributed by atoms with E-state index in [1.54, 1.807) is 24.3 Å². The number of hydrogen-bond acceptors (Lipinski definition) is 5. The van der Waals surface area contributed by atoms with E-state index in [4.69, 9.17) is 13.9 Å². The summed E-state index contributed by atoms with van der Waals surface area (Å²) in [4.78, 5) is 23.9. The van der Waals surface area contributed by atoms with Crippen molar-refractivity contribution in [2.45, 2.75) is 0 Å². The number of methoxy groups -OCH3 is 2. The lowest BCUT2D eigenvalue weighted by atomic mass is 10.1.